The van der Waals surface area contributed by atoms with Crippen LogP contribution in [-0.4, -0.2) is 5.24 Å². The molecular weight excluding hydrogens is 208 g/mol. The molecule has 0 atom stereocenters. The Hall–Kier alpha value is -0.820. The van der Waals surface area contributed by atoms with E-state index in [2.05, 4.69) is 13.8 Å². The van der Waals surface area contributed by atoms with Gasteiger partial charge in [0.2, 0.25) is 0 Å². The highest BCUT2D eigenvalue weighted by Gasteiger charge is 2.27. The third-order valence-corrected chi connectivity index (χ3v) is 3.53. The molecule has 1 aromatic rings. The van der Waals surface area contributed by atoms with Gasteiger partial charge < -0.3 is 0 Å². The van der Waals surface area contributed by atoms with E-state index in [0.717, 1.165) is 6.42 Å². The molecule has 0 aliphatic heterocycles. The number of hydrogen-bond donors (Lipinski definition) is 0. The fraction of sp³-hybridized carbons (Fsp3) is 0.462. The average molecular weight is 223 g/mol. The lowest BCUT2D eigenvalue weighted by Crippen LogP contribution is -2.24. The first-order valence-electron chi connectivity index (χ1n) is 5.34. The van der Waals surface area contributed by atoms with Crippen LogP contribution in [0.4, 0.5) is 0 Å². The van der Waals surface area contributed by atoms with Crippen molar-refractivity contribution in [3.8, 4) is 0 Å². The van der Waals surface area contributed by atoms with Crippen LogP contribution in [0.15, 0.2) is 18.2 Å². The highest BCUT2D eigenvalue weighted by molar-refractivity contribution is 6.67. The van der Waals surface area contributed by atoms with Gasteiger partial charge in [-0.2, -0.15) is 0 Å². The molecule has 0 bridgehead atoms. The fourth-order valence-electron chi connectivity index (χ4n) is 2.40. The van der Waals surface area contributed by atoms with Crippen molar-refractivity contribution >= 4 is 16.8 Å². The van der Waals surface area contributed by atoms with Gasteiger partial charge in [-0.15, -0.1) is 0 Å². The molecule has 80 valence electrons. The maximum Gasteiger partial charge on any atom is 0.252 e. The fourth-order valence-corrected chi connectivity index (χ4v) is 2.52. The summed E-state index contributed by atoms with van der Waals surface area (Å²) in [6.07, 6.45) is 3.53. The molecule has 0 aromatic heterocycles. The first-order chi connectivity index (χ1) is 7.00. The number of fused-ring (bicyclic) bond motifs is 1. The molecular formula is C13H15ClO. The lowest BCUT2D eigenvalue weighted by atomic mass is 9.72. The van der Waals surface area contributed by atoms with Crippen LogP contribution in [0.5, 0.6) is 0 Å². The largest absolute Gasteiger partial charge is 0.276 e. The maximum atomic E-state index is 11.1. The van der Waals surface area contributed by atoms with Gasteiger partial charge in [0.25, 0.3) is 5.24 Å². The van der Waals surface area contributed by atoms with Crippen molar-refractivity contribution in [2.75, 3.05) is 0 Å². The Morgan fingerprint density at radius 3 is 2.80 bits per heavy atom. The number of halogens is 1. The highest BCUT2D eigenvalue weighted by Crippen LogP contribution is 2.37. The second kappa shape index (κ2) is 3.64. The Bertz CT molecular complexity index is 407. The number of hydrogen-bond acceptors (Lipinski definition) is 1. The summed E-state index contributed by atoms with van der Waals surface area (Å²) in [5.74, 6) is 0. The molecule has 0 radical (unpaired) electrons. The molecule has 0 saturated carbocycles. The molecule has 2 heteroatoms. The van der Waals surface area contributed by atoms with Crippen molar-refractivity contribution in [2.45, 2.75) is 38.5 Å². The second-order valence-electron chi connectivity index (χ2n) is 4.88. The topological polar surface area (TPSA) is 17.1 Å². The molecule has 1 aliphatic rings. The molecule has 0 spiro atoms. The van der Waals surface area contributed by atoms with Gasteiger partial charge in [-0.05, 0) is 59.5 Å². The van der Waals surface area contributed by atoms with Gasteiger partial charge in [0.15, 0.2) is 0 Å². The van der Waals surface area contributed by atoms with Gasteiger partial charge in [0.05, 0.1) is 0 Å². The van der Waals surface area contributed by atoms with E-state index in [1.165, 1.54) is 24.0 Å². The van der Waals surface area contributed by atoms with Gasteiger partial charge in [-0.1, -0.05) is 19.9 Å². The molecule has 1 aliphatic carbocycles. The summed E-state index contributed by atoms with van der Waals surface area (Å²) in [5, 5.41) is -0.362. The Balaban J connectivity index is 2.53. The van der Waals surface area contributed by atoms with Gasteiger partial charge >= 0.3 is 0 Å². The van der Waals surface area contributed by atoms with E-state index in [4.69, 9.17) is 11.6 Å². The quantitative estimate of drug-likeness (QED) is 0.663. The van der Waals surface area contributed by atoms with E-state index < -0.39 is 0 Å². The maximum absolute atomic E-state index is 11.1. The van der Waals surface area contributed by atoms with Gasteiger partial charge in [0, 0.05) is 5.56 Å². The summed E-state index contributed by atoms with van der Waals surface area (Å²) < 4.78 is 0. The first-order valence-corrected chi connectivity index (χ1v) is 5.72. The van der Waals surface area contributed by atoms with Crippen molar-refractivity contribution in [1.29, 1.82) is 0 Å². The molecule has 1 aromatic carbocycles. The molecule has 0 saturated heterocycles. The molecule has 2 rings (SSSR count). The number of carbonyl (C=O) groups is 1. The minimum absolute atomic E-state index is 0.177. The van der Waals surface area contributed by atoms with Gasteiger partial charge in [-0.25, -0.2) is 0 Å². The minimum Gasteiger partial charge on any atom is -0.276 e. The average Bonchev–Trinajstić information content (AvgIpc) is 2.17. The van der Waals surface area contributed by atoms with Crippen LogP contribution >= 0.6 is 11.6 Å². The van der Waals surface area contributed by atoms with Crippen LogP contribution in [-0.2, 0) is 11.8 Å². The Labute approximate surface area is 95.4 Å². The van der Waals surface area contributed by atoms with E-state index >= 15 is 0 Å². The van der Waals surface area contributed by atoms with Crippen molar-refractivity contribution in [2.24, 2.45) is 0 Å². The van der Waals surface area contributed by atoms with E-state index in [9.17, 15) is 4.79 Å². The third kappa shape index (κ3) is 1.93. The van der Waals surface area contributed by atoms with E-state index in [1.807, 2.05) is 18.2 Å². The number of carbonyl (C=O) groups excluding carboxylic acids is 1. The van der Waals surface area contributed by atoms with Crippen LogP contribution in [0, 0.1) is 0 Å². The summed E-state index contributed by atoms with van der Waals surface area (Å²) in [7, 11) is 0. The Morgan fingerprint density at radius 1 is 1.40 bits per heavy atom. The van der Waals surface area contributed by atoms with Crippen LogP contribution < -0.4 is 0 Å². The van der Waals surface area contributed by atoms with Crippen molar-refractivity contribution < 1.29 is 4.79 Å². The van der Waals surface area contributed by atoms with E-state index in [0.29, 0.717) is 5.56 Å². The molecule has 0 amide bonds. The smallest absolute Gasteiger partial charge is 0.252 e. The van der Waals surface area contributed by atoms with Crippen molar-refractivity contribution in [1.82, 2.24) is 0 Å². The lowest BCUT2D eigenvalue weighted by molar-refractivity contribution is 0.108. The Kier molecular flexibility index (Phi) is 2.59. The van der Waals surface area contributed by atoms with Crippen LogP contribution in [0.25, 0.3) is 0 Å². The first kappa shape index (κ1) is 10.7. The van der Waals surface area contributed by atoms with Crippen LogP contribution in [0.2, 0.25) is 0 Å². The normalized spacial score (nSPS) is 18.3. The molecule has 15 heavy (non-hydrogen) atoms. The zero-order valence-electron chi connectivity index (χ0n) is 9.14. The lowest BCUT2D eigenvalue weighted by Gasteiger charge is -2.32. The SMILES string of the molecule is CC1(C)CCCc2ccc(C(=O)Cl)cc21. The van der Waals surface area contributed by atoms with Crippen molar-refractivity contribution in [3.05, 3.63) is 34.9 Å². The van der Waals surface area contributed by atoms with Crippen molar-refractivity contribution in [3.63, 3.8) is 0 Å². The predicted octanol–water partition coefficient (Wildman–Crippen LogP) is 3.68. The van der Waals surface area contributed by atoms with E-state index in [1.54, 1.807) is 0 Å². The zero-order valence-corrected chi connectivity index (χ0v) is 9.90. The summed E-state index contributed by atoms with van der Waals surface area (Å²) in [4.78, 5) is 11.1. The Morgan fingerprint density at radius 2 is 2.13 bits per heavy atom. The van der Waals surface area contributed by atoms with Gasteiger partial charge in [0.1, 0.15) is 0 Å². The number of benzene rings is 1. The summed E-state index contributed by atoms with van der Waals surface area (Å²) in [6, 6.07) is 5.84. The molecule has 1 nitrogen and oxygen atoms in total. The molecule has 0 N–H and O–H groups in total. The summed E-state index contributed by atoms with van der Waals surface area (Å²) in [6.45, 7) is 4.46. The predicted molar refractivity (Wildman–Crippen MR) is 62.6 cm³/mol. The second-order valence-corrected chi connectivity index (χ2v) is 5.23. The summed E-state index contributed by atoms with van der Waals surface area (Å²) in [5.41, 5.74) is 3.45. The van der Waals surface area contributed by atoms with Gasteiger partial charge in [-0.3, -0.25) is 4.79 Å². The highest BCUT2D eigenvalue weighted by atomic mass is 35.5. The van der Waals surface area contributed by atoms with Crippen LogP contribution in [0.3, 0.4) is 0 Å². The zero-order chi connectivity index (χ0) is 11.1. The summed E-state index contributed by atoms with van der Waals surface area (Å²) >= 11 is 5.50. The minimum atomic E-state index is -0.362. The standard InChI is InChI=1S/C13H15ClO/c1-13(2)7-3-4-9-5-6-10(12(14)15)8-11(9)13/h5-6,8H,3-4,7H2,1-2H3. The number of rotatable bonds is 1. The molecule has 0 heterocycles. The van der Waals surface area contributed by atoms with Crippen LogP contribution in [0.1, 0.15) is 48.2 Å². The monoisotopic (exact) mass is 222 g/mol. The third-order valence-electron chi connectivity index (χ3n) is 3.31. The number of aryl methyl sites for hydroxylation is 1. The molecule has 0 unspecified atom stereocenters. The van der Waals surface area contributed by atoms with E-state index in [-0.39, 0.29) is 10.7 Å². The molecule has 0 fully saturated rings.